The lowest BCUT2D eigenvalue weighted by atomic mass is 9.62. The van der Waals surface area contributed by atoms with E-state index in [1.54, 1.807) is 0 Å². The number of aliphatic hydroxyl groups is 1. The van der Waals surface area contributed by atoms with Crippen molar-refractivity contribution in [1.82, 2.24) is 4.98 Å². The van der Waals surface area contributed by atoms with Crippen LogP contribution in [0.2, 0.25) is 0 Å². The van der Waals surface area contributed by atoms with Gasteiger partial charge in [0.1, 0.15) is 0 Å². The first-order chi connectivity index (χ1) is 15.5. The molecule has 1 aliphatic rings. The SMILES string of the molecule is CC1(C)c2ccc3c(ccc4ccccc43)c2CCC1C(O)c1ccc2ccccc2n1. The molecule has 32 heavy (non-hydrogen) atoms. The molecule has 6 rings (SSSR count). The molecule has 0 saturated heterocycles. The van der Waals surface area contributed by atoms with Crippen molar-refractivity contribution in [3.05, 3.63) is 102 Å². The maximum atomic E-state index is 11.5. The summed E-state index contributed by atoms with van der Waals surface area (Å²) in [6.07, 6.45) is 1.33. The van der Waals surface area contributed by atoms with Crippen LogP contribution in [0.15, 0.2) is 84.9 Å². The molecule has 0 amide bonds. The standard InChI is InChI=1S/C30H27NO/c1-30(2)25-16-14-22-21-9-5-3-7-19(21)11-13-23(22)24(25)15-17-26(30)29(32)28-18-12-20-8-4-6-10-27(20)31-28/h3-14,16,18,26,29,32H,15,17H2,1-2H3. The van der Waals surface area contributed by atoms with Crippen molar-refractivity contribution in [2.75, 3.05) is 0 Å². The highest BCUT2D eigenvalue weighted by molar-refractivity contribution is 6.08. The summed E-state index contributed by atoms with van der Waals surface area (Å²) < 4.78 is 0. The second kappa shape index (κ2) is 7.15. The minimum atomic E-state index is -0.588. The highest BCUT2D eigenvalue weighted by Crippen LogP contribution is 2.48. The number of fused-ring (bicyclic) bond motifs is 6. The number of para-hydroxylation sites is 1. The Kier molecular flexibility index (Phi) is 4.34. The summed E-state index contributed by atoms with van der Waals surface area (Å²) in [6, 6.07) is 29.9. The second-order valence-corrected chi connectivity index (χ2v) is 9.71. The van der Waals surface area contributed by atoms with Gasteiger partial charge in [-0.05, 0) is 63.1 Å². The Labute approximate surface area is 188 Å². The molecule has 2 atom stereocenters. The molecule has 1 N–H and O–H groups in total. The normalized spacial score (nSPS) is 18.7. The average molecular weight is 418 g/mol. The molecule has 0 fully saturated rings. The van der Waals surface area contributed by atoms with Gasteiger partial charge in [-0.25, -0.2) is 0 Å². The third-order valence-corrected chi connectivity index (χ3v) is 7.67. The lowest BCUT2D eigenvalue weighted by Gasteiger charge is -2.43. The van der Waals surface area contributed by atoms with E-state index in [9.17, 15) is 5.11 Å². The summed E-state index contributed by atoms with van der Waals surface area (Å²) in [5, 5.41) is 17.8. The molecule has 1 aromatic heterocycles. The summed E-state index contributed by atoms with van der Waals surface area (Å²) in [4.78, 5) is 4.81. The van der Waals surface area contributed by atoms with Crippen LogP contribution < -0.4 is 0 Å². The zero-order valence-electron chi connectivity index (χ0n) is 18.5. The van der Waals surface area contributed by atoms with Gasteiger partial charge >= 0.3 is 0 Å². The van der Waals surface area contributed by atoms with Gasteiger partial charge in [-0.15, -0.1) is 0 Å². The number of aliphatic hydroxyl groups excluding tert-OH is 1. The van der Waals surface area contributed by atoms with E-state index in [4.69, 9.17) is 4.98 Å². The molecular formula is C30H27NO. The van der Waals surface area contributed by atoms with Gasteiger partial charge in [0, 0.05) is 11.3 Å². The summed E-state index contributed by atoms with van der Waals surface area (Å²) in [5.74, 6) is 0.113. The van der Waals surface area contributed by atoms with Crippen molar-refractivity contribution in [2.24, 2.45) is 5.92 Å². The third-order valence-electron chi connectivity index (χ3n) is 7.67. The van der Waals surface area contributed by atoms with E-state index < -0.39 is 6.10 Å². The van der Waals surface area contributed by atoms with Crippen LogP contribution in [-0.4, -0.2) is 10.1 Å². The average Bonchev–Trinajstić information content (AvgIpc) is 2.83. The van der Waals surface area contributed by atoms with Gasteiger partial charge in [0.25, 0.3) is 0 Å². The first kappa shape index (κ1) is 19.5. The lowest BCUT2D eigenvalue weighted by Crippen LogP contribution is -2.38. The maximum Gasteiger partial charge on any atom is 0.0996 e. The van der Waals surface area contributed by atoms with Gasteiger partial charge in [-0.2, -0.15) is 0 Å². The number of aromatic nitrogens is 1. The molecule has 0 aliphatic heterocycles. The largest absolute Gasteiger partial charge is 0.386 e. The van der Waals surface area contributed by atoms with E-state index in [0.717, 1.165) is 29.4 Å². The quantitative estimate of drug-likeness (QED) is 0.310. The molecule has 4 aromatic carbocycles. The number of hydrogen-bond acceptors (Lipinski definition) is 2. The monoisotopic (exact) mass is 417 g/mol. The summed E-state index contributed by atoms with van der Waals surface area (Å²) >= 11 is 0. The first-order valence-electron chi connectivity index (χ1n) is 11.5. The van der Waals surface area contributed by atoms with Crippen molar-refractivity contribution in [1.29, 1.82) is 0 Å². The predicted molar refractivity (Wildman–Crippen MR) is 133 cm³/mol. The van der Waals surface area contributed by atoms with E-state index in [1.165, 1.54) is 32.7 Å². The fraction of sp³-hybridized carbons (Fsp3) is 0.233. The first-order valence-corrected chi connectivity index (χ1v) is 11.5. The minimum absolute atomic E-state index is 0.113. The number of pyridine rings is 1. The third kappa shape index (κ3) is 2.87. The maximum absolute atomic E-state index is 11.5. The van der Waals surface area contributed by atoms with Crippen LogP contribution >= 0.6 is 0 Å². The van der Waals surface area contributed by atoms with Crippen LogP contribution in [0.4, 0.5) is 0 Å². The van der Waals surface area contributed by atoms with Crippen LogP contribution in [0.1, 0.15) is 43.2 Å². The van der Waals surface area contributed by atoms with Gasteiger partial charge < -0.3 is 5.11 Å². The topological polar surface area (TPSA) is 33.1 Å². The van der Waals surface area contributed by atoms with Gasteiger partial charge in [0.15, 0.2) is 0 Å². The minimum Gasteiger partial charge on any atom is -0.386 e. The lowest BCUT2D eigenvalue weighted by molar-refractivity contribution is 0.0523. The second-order valence-electron chi connectivity index (χ2n) is 9.71. The van der Waals surface area contributed by atoms with Crippen molar-refractivity contribution in [2.45, 2.75) is 38.2 Å². The molecule has 0 bridgehead atoms. The Bertz CT molecular complexity index is 1480. The van der Waals surface area contributed by atoms with E-state index in [-0.39, 0.29) is 11.3 Å². The van der Waals surface area contributed by atoms with Gasteiger partial charge in [0.2, 0.25) is 0 Å². The zero-order valence-corrected chi connectivity index (χ0v) is 18.5. The fourth-order valence-electron chi connectivity index (χ4n) is 5.89. The van der Waals surface area contributed by atoms with Crippen molar-refractivity contribution >= 4 is 32.4 Å². The van der Waals surface area contributed by atoms with Gasteiger partial charge in [0.05, 0.1) is 17.3 Å². The highest BCUT2D eigenvalue weighted by Gasteiger charge is 2.41. The van der Waals surface area contributed by atoms with E-state index in [0.29, 0.717) is 0 Å². The van der Waals surface area contributed by atoms with E-state index >= 15 is 0 Å². The molecule has 0 spiro atoms. The zero-order chi connectivity index (χ0) is 21.9. The van der Waals surface area contributed by atoms with Crippen molar-refractivity contribution in [3.8, 4) is 0 Å². The molecule has 158 valence electrons. The molecule has 0 saturated carbocycles. The van der Waals surface area contributed by atoms with Crippen molar-refractivity contribution < 1.29 is 5.11 Å². The molecule has 0 radical (unpaired) electrons. The summed E-state index contributed by atoms with van der Waals surface area (Å²) in [7, 11) is 0. The summed E-state index contributed by atoms with van der Waals surface area (Å²) in [6.45, 7) is 4.57. The van der Waals surface area contributed by atoms with Crippen LogP contribution in [0, 0.1) is 5.92 Å². The Morgan fingerprint density at radius 2 is 1.50 bits per heavy atom. The molecule has 2 heteroatoms. The van der Waals surface area contributed by atoms with Gasteiger partial charge in [-0.3, -0.25) is 4.98 Å². The molecule has 5 aromatic rings. The smallest absolute Gasteiger partial charge is 0.0996 e. The Balaban J connectivity index is 1.44. The number of hydrogen-bond donors (Lipinski definition) is 1. The van der Waals surface area contributed by atoms with Crippen LogP contribution in [0.3, 0.4) is 0 Å². The van der Waals surface area contributed by atoms with Gasteiger partial charge in [-0.1, -0.05) is 86.6 Å². The summed E-state index contributed by atoms with van der Waals surface area (Å²) in [5.41, 5.74) is 4.36. The molecule has 1 aliphatic carbocycles. The number of nitrogens with zero attached hydrogens (tertiary/aromatic N) is 1. The van der Waals surface area contributed by atoms with Crippen LogP contribution in [0.5, 0.6) is 0 Å². The Morgan fingerprint density at radius 1 is 0.781 bits per heavy atom. The molecule has 1 heterocycles. The Hall–Kier alpha value is -3.23. The van der Waals surface area contributed by atoms with E-state index in [2.05, 4.69) is 74.5 Å². The van der Waals surface area contributed by atoms with Crippen molar-refractivity contribution in [3.63, 3.8) is 0 Å². The number of aryl methyl sites for hydroxylation is 1. The highest BCUT2D eigenvalue weighted by atomic mass is 16.3. The van der Waals surface area contributed by atoms with E-state index in [1.807, 2.05) is 24.3 Å². The Morgan fingerprint density at radius 3 is 2.38 bits per heavy atom. The number of benzene rings is 4. The van der Waals surface area contributed by atoms with Crippen LogP contribution in [-0.2, 0) is 11.8 Å². The number of rotatable bonds is 2. The van der Waals surface area contributed by atoms with Crippen LogP contribution in [0.25, 0.3) is 32.4 Å². The molecule has 2 nitrogen and oxygen atoms in total. The fourth-order valence-corrected chi connectivity index (χ4v) is 5.89. The molecular weight excluding hydrogens is 390 g/mol. The predicted octanol–water partition coefficient (Wildman–Crippen LogP) is 7.11. The molecule has 2 unspecified atom stereocenters.